The van der Waals surface area contributed by atoms with Crippen molar-refractivity contribution in [2.24, 2.45) is 0 Å². The minimum absolute atomic E-state index is 1.11. The summed E-state index contributed by atoms with van der Waals surface area (Å²) in [4.78, 5) is 4.48. The number of benzene rings is 6. The van der Waals surface area contributed by atoms with Crippen molar-refractivity contribution in [3.05, 3.63) is 152 Å². The fraction of sp³-hybridized carbons (Fsp3) is 0. The van der Waals surface area contributed by atoms with E-state index >= 15 is 0 Å². The van der Waals surface area contributed by atoms with Crippen molar-refractivity contribution in [2.75, 3.05) is 0 Å². The van der Waals surface area contributed by atoms with E-state index < -0.39 is 0 Å². The highest BCUT2D eigenvalue weighted by atomic mass is 32.1. The Kier molecular flexibility index (Phi) is 5.16. The van der Waals surface area contributed by atoms with Gasteiger partial charge in [0.2, 0.25) is 0 Å². The summed E-state index contributed by atoms with van der Waals surface area (Å²) < 4.78 is 7.39. The lowest BCUT2D eigenvalue weighted by atomic mass is 10.0. The van der Waals surface area contributed by atoms with E-state index in [9.17, 15) is 0 Å². The molecule has 45 heavy (non-hydrogen) atoms. The summed E-state index contributed by atoms with van der Waals surface area (Å²) in [5.41, 5.74) is 9.45. The van der Waals surface area contributed by atoms with Crippen molar-refractivity contribution < 1.29 is 0 Å². The summed E-state index contributed by atoms with van der Waals surface area (Å²) in [5.74, 6) is 0. The van der Waals surface area contributed by atoms with Crippen molar-refractivity contribution in [1.82, 2.24) is 14.1 Å². The van der Waals surface area contributed by atoms with E-state index in [2.05, 4.69) is 154 Å². The second-order valence-corrected chi connectivity index (χ2v) is 12.7. The molecule has 0 unspecified atom stereocenters. The van der Waals surface area contributed by atoms with Crippen LogP contribution in [0.5, 0.6) is 0 Å². The number of nitrogens with zero attached hydrogens (tertiary/aromatic N) is 3. The van der Waals surface area contributed by atoms with Gasteiger partial charge in [0.05, 0.1) is 28.3 Å². The Balaban J connectivity index is 1.19. The van der Waals surface area contributed by atoms with E-state index in [0.717, 1.165) is 16.9 Å². The van der Waals surface area contributed by atoms with E-state index in [1.54, 1.807) is 0 Å². The molecule has 0 N–H and O–H groups in total. The predicted molar refractivity (Wildman–Crippen MR) is 191 cm³/mol. The zero-order chi connectivity index (χ0) is 29.5. The summed E-state index contributed by atoms with van der Waals surface area (Å²) in [5, 5.41) is 7.59. The molecule has 0 radical (unpaired) electrons. The number of thiophene rings is 1. The number of aromatic nitrogens is 3. The van der Waals surface area contributed by atoms with Crippen LogP contribution >= 0.6 is 11.3 Å². The molecule has 210 valence electrons. The highest BCUT2D eigenvalue weighted by molar-refractivity contribution is 7.25. The fourth-order valence-corrected chi connectivity index (χ4v) is 8.27. The van der Waals surface area contributed by atoms with Crippen LogP contribution in [0.4, 0.5) is 0 Å². The molecule has 0 atom stereocenters. The zero-order valence-electron chi connectivity index (χ0n) is 24.2. The van der Waals surface area contributed by atoms with Crippen molar-refractivity contribution in [3.8, 4) is 22.5 Å². The Morgan fingerprint density at radius 1 is 0.400 bits per heavy atom. The molecule has 0 fully saturated rings. The lowest BCUT2D eigenvalue weighted by molar-refractivity contribution is 1.16. The first kappa shape index (κ1) is 24.7. The maximum atomic E-state index is 4.48. The summed E-state index contributed by atoms with van der Waals surface area (Å²) in [7, 11) is 0. The standard InChI is InChI=1S/C41H25N3S/c1-2-8-28(9-3-1)43-38-18-16-29(24-34(38)31-20-21-42-25-39(31)43)44-36-12-6-4-10-30(36)33-22-26(14-17-37(33)44)27-15-19-41-35(23-27)32-11-5-7-13-40(32)45-41/h1-25H. The number of fused-ring (bicyclic) bond motifs is 9. The number of para-hydroxylation sites is 2. The summed E-state index contributed by atoms with van der Waals surface area (Å²) in [6.45, 7) is 0. The molecular weight excluding hydrogens is 567 g/mol. The van der Waals surface area contributed by atoms with Gasteiger partial charge in [0.1, 0.15) is 0 Å². The van der Waals surface area contributed by atoms with E-state index in [1.807, 2.05) is 23.7 Å². The highest BCUT2D eigenvalue weighted by Crippen LogP contribution is 2.40. The number of rotatable bonds is 3. The molecule has 0 aliphatic rings. The van der Waals surface area contributed by atoms with Crippen molar-refractivity contribution in [3.63, 3.8) is 0 Å². The quantitative estimate of drug-likeness (QED) is 0.200. The van der Waals surface area contributed by atoms with E-state index in [4.69, 9.17) is 0 Å². The summed E-state index contributed by atoms with van der Waals surface area (Å²) >= 11 is 1.86. The van der Waals surface area contributed by atoms with Crippen LogP contribution in [-0.2, 0) is 0 Å². The summed E-state index contributed by atoms with van der Waals surface area (Å²) in [6, 6.07) is 50.9. The molecule has 6 aromatic carbocycles. The van der Waals surface area contributed by atoms with Gasteiger partial charge in [-0.15, -0.1) is 11.3 Å². The Bertz CT molecular complexity index is 2760. The lowest BCUT2D eigenvalue weighted by Crippen LogP contribution is -1.95. The molecule has 0 aliphatic heterocycles. The van der Waals surface area contributed by atoms with Gasteiger partial charge in [-0.3, -0.25) is 4.98 Å². The van der Waals surface area contributed by atoms with Gasteiger partial charge in [-0.1, -0.05) is 66.7 Å². The molecular formula is C41H25N3S. The molecule has 10 aromatic rings. The molecule has 0 aliphatic carbocycles. The van der Waals surface area contributed by atoms with Crippen LogP contribution < -0.4 is 0 Å². The lowest BCUT2D eigenvalue weighted by Gasteiger charge is -2.10. The third kappa shape index (κ3) is 3.60. The van der Waals surface area contributed by atoms with Crippen LogP contribution in [0.15, 0.2) is 152 Å². The first-order chi connectivity index (χ1) is 22.3. The van der Waals surface area contributed by atoms with Crippen molar-refractivity contribution in [1.29, 1.82) is 0 Å². The van der Waals surface area contributed by atoms with Gasteiger partial charge in [-0.25, -0.2) is 0 Å². The zero-order valence-corrected chi connectivity index (χ0v) is 25.0. The third-order valence-corrected chi connectivity index (χ3v) is 10.4. The first-order valence-corrected chi connectivity index (χ1v) is 16.0. The van der Waals surface area contributed by atoms with Gasteiger partial charge in [-0.2, -0.15) is 0 Å². The Morgan fingerprint density at radius 3 is 1.91 bits per heavy atom. The molecule has 0 spiro atoms. The molecule has 0 amide bonds. The van der Waals surface area contributed by atoms with Gasteiger partial charge in [0.25, 0.3) is 0 Å². The minimum atomic E-state index is 1.11. The van der Waals surface area contributed by atoms with Crippen molar-refractivity contribution in [2.45, 2.75) is 0 Å². The third-order valence-electron chi connectivity index (χ3n) is 9.21. The molecule has 3 nitrogen and oxygen atoms in total. The van der Waals surface area contributed by atoms with Crippen molar-refractivity contribution >= 4 is 75.1 Å². The summed E-state index contributed by atoms with van der Waals surface area (Å²) in [6.07, 6.45) is 3.86. The number of hydrogen-bond donors (Lipinski definition) is 0. The average Bonchev–Trinajstić information content (AvgIpc) is 3.75. The van der Waals surface area contributed by atoms with E-state index in [1.165, 1.54) is 69.4 Å². The first-order valence-electron chi connectivity index (χ1n) is 15.2. The predicted octanol–water partition coefficient (Wildman–Crippen LogP) is 11.3. The molecule has 0 saturated heterocycles. The van der Waals surface area contributed by atoms with Gasteiger partial charge in [0, 0.05) is 59.3 Å². The van der Waals surface area contributed by atoms with E-state index in [0.29, 0.717) is 0 Å². The average molecular weight is 592 g/mol. The minimum Gasteiger partial charge on any atom is -0.309 e. The Morgan fingerprint density at radius 2 is 1.02 bits per heavy atom. The van der Waals surface area contributed by atoms with Gasteiger partial charge < -0.3 is 9.13 Å². The molecule has 4 aromatic heterocycles. The van der Waals surface area contributed by atoms with Gasteiger partial charge in [-0.05, 0) is 83.9 Å². The van der Waals surface area contributed by atoms with Crippen LogP contribution in [-0.4, -0.2) is 14.1 Å². The highest BCUT2D eigenvalue weighted by Gasteiger charge is 2.17. The molecule has 4 heterocycles. The second-order valence-electron chi connectivity index (χ2n) is 11.7. The number of hydrogen-bond acceptors (Lipinski definition) is 2. The van der Waals surface area contributed by atoms with Gasteiger partial charge in [0.15, 0.2) is 0 Å². The van der Waals surface area contributed by atoms with Crippen LogP contribution in [0.2, 0.25) is 0 Å². The maximum absolute atomic E-state index is 4.48. The monoisotopic (exact) mass is 591 g/mol. The smallest absolute Gasteiger partial charge is 0.0724 e. The van der Waals surface area contributed by atoms with Crippen LogP contribution in [0.1, 0.15) is 0 Å². The topological polar surface area (TPSA) is 22.8 Å². The van der Waals surface area contributed by atoms with Crippen LogP contribution in [0, 0.1) is 0 Å². The normalized spacial score (nSPS) is 12.0. The molecule has 0 bridgehead atoms. The van der Waals surface area contributed by atoms with Crippen LogP contribution in [0.25, 0.3) is 86.3 Å². The van der Waals surface area contributed by atoms with E-state index in [-0.39, 0.29) is 0 Å². The molecule has 4 heteroatoms. The Hall–Kier alpha value is -5.71. The van der Waals surface area contributed by atoms with Gasteiger partial charge >= 0.3 is 0 Å². The SMILES string of the molecule is c1ccc(-n2c3ccc(-n4c5ccccc5c5cc(-c6ccc7sc8ccccc8c7c6)ccc54)cc3c3ccncc32)cc1. The molecule has 10 rings (SSSR count). The largest absolute Gasteiger partial charge is 0.309 e. The fourth-order valence-electron chi connectivity index (χ4n) is 7.19. The second kappa shape index (κ2) is 9.39. The Labute approximate surface area is 262 Å². The molecule has 0 saturated carbocycles. The maximum Gasteiger partial charge on any atom is 0.0724 e. The van der Waals surface area contributed by atoms with Crippen LogP contribution in [0.3, 0.4) is 0 Å². The number of pyridine rings is 1.